The molecule has 4 heterocycles. The summed E-state index contributed by atoms with van der Waals surface area (Å²) in [5.41, 5.74) is 0.407. The van der Waals surface area contributed by atoms with Crippen LogP contribution < -0.4 is 0 Å². The normalized spacial score (nSPS) is 27.6. The van der Waals surface area contributed by atoms with Gasteiger partial charge in [-0.2, -0.15) is 5.10 Å². The van der Waals surface area contributed by atoms with E-state index in [4.69, 9.17) is 0 Å². The highest BCUT2D eigenvalue weighted by atomic mass is 32.2. The average Bonchev–Trinajstić information content (AvgIpc) is 3.17. The fraction of sp³-hybridized carbons (Fsp3) is 0.778. The van der Waals surface area contributed by atoms with E-state index in [0.717, 1.165) is 26.1 Å². The number of nitrogens with zero attached hydrogens (tertiary/aromatic N) is 4. The molecular weight excluding hydrogens is 352 g/mol. The zero-order valence-corrected chi connectivity index (χ0v) is 16.2. The maximum absolute atomic E-state index is 12.8. The summed E-state index contributed by atoms with van der Waals surface area (Å²) in [6.07, 6.45) is 6.20. The van der Waals surface area contributed by atoms with Crippen molar-refractivity contribution in [3.05, 3.63) is 18.0 Å². The molecule has 1 spiro atoms. The highest BCUT2D eigenvalue weighted by Crippen LogP contribution is 2.45. The molecule has 0 N–H and O–H groups in total. The third kappa shape index (κ3) is 2.87. The van der Waals surface area contributed by atoms with E-state index in [9.17, 15) is 13.2 Å². The SMILES string of the molecule is CCn1ccc(C(=O)N2CC3(C2)C(CN2CCCCC2)CCS3(=O)=O)n1. The van der Waals surface area contributed by atoms with Crippen molar-refractivity contribution in [3.63, 3.8) is 0 Å². The van der Waals surface area contributed by atoms with Gasteiger partial charge < -0.3 is 9.80 Å². The molecule has 4 rings (SSSR count). The first kappa shape index (κ1) is 18.0. The summed E-state index contributed by atoms with van der Waals surface area (Å²) in [5, 5.41) is 4.26. The number of amides is 1. The van der Waals surface area contributed by atoms with Gasteiger partial charge in [-0.15, -0.1) is 0 Å². The zero-order chi connectivity index (χ0) is 18.4. The van der Waals surface area contributed by atoms with Gasteiger partial charge in [-0.3, -0.25) is 9.48 Å². The summed E-state index contributed by atoms with van der Waals surface area (Å²) >= 11 is 0. The average molecular weight is 381 g/mol. The van der Waals surface area contributed by atoms with Gasteiger partial charge in [0.05, 0.1) is 5.75 Å². The Bertz CT molecular complexity index is 776. The van der Waals surface area contributed by atoms with Gasteiger partial charge in [0.1, 0.15) is 10.4 Å². The van der Waals surface area contributed by atoms with Crippen molar-refractivity contribution < 1.29 is 13.2 Å². The maximum Gasteiger partial charge on any atom is 0.274 e. The second kappa shape index (κ2) is 6.64. The number of aryl methyl sites for hydroxylation is 1. The minimum Gasteiger partial charge on any atom is -0.334 e. The highest BCUT2D eigenvalue weighted by Gasteiger charge is 2.62. The Morgan fingerprint density at radius 3 is 2.65 bits per heavy atom. The van der Waals surface area contributed by atoms with Crippen LogP contribution in [0.1, 0.15) is 43.1 Å². The first-order valence-electron chi connectivity index (χ1n) is 9.72. The molecule has 1 atom stereocenters. The molecule has 3 fully saturated rings. The molecule has 1 aromatic rings. The van der Waals surface area contributed by atoms with E-state index in [1.54, 1.807) is 21.8 Å². The van der Waals surface area contributed by atoms with Crippen LogP contribution in [0, 0.1) is 5.92 Å². The number of carbonyl (C=O) groups excluding carboxylic acids is 1. The largest absolute Gasteiger partial charge is 0.334 e. The predicted octanol–water partition coefficient (Wildman–Crippen LogP) is 1.02. The van der Waals surface area contributed by atoms with Gasteiger partial charge in [0, 0.05) is 32.4 Å². The second-order valence-electron chi connectivity index (χ2n) is 7.95. The van der Waals surface area contributed by atoms with E-state index in [0.29, 0.717) is 25.3 Å². The lowest BCUT2D eigenvalue weighted by Gasteiger charge is -2.50. The van der Waals surface area contributed by atoms with E-state index in [1.807, 2.05) is 6.92 Å². The molecule has 144 valence electrons. The number of sulfone groups is 1. The van der Waals surface area contributed by atoms with Gasteiger partial charge in [0.2, 0.25) is 0 Å². The minimum absolute atomic E-state index is 0.142. The lowest BCUT2D eigenvalue weighted by Crippen LogP contribution is -2.69. The van der Waals surface area contributed by atoms with Gasteiger partial charge in [0.25, 0.3) is 5.91 Å². The molecule has 0 saturated carbocycles. The lowest BCUT2D eigenvalue weighted by atomic mass is 9.82. The number of hydrogen-bond acceptors (Lipinski definition) is 5. The van der Waals surface area contributed by atoms with Gasteiger partial charge in [0.15, 0.2) is 9.84 Å². The fourth-order valence-electron chi connectivity index (χ4n) is 4.74. The number of hydrogen-bond donors (Lipinski definition) is 0. The topological polar surface area (TPSA) is 75.5 Å². The Kier molecular flexibility index (Phi) is 4.59. The molecule has 8 heteroatoms. The molecule has 0 radical (unpaired) electrons. The monoisotopic (exact) mass is 380 g/mol. The first-order valence-corrected chi connectivity index (χ1v) is 11.4. The second-order valence-corrected chi connectivity index (χ2v) is 10.4. The summed E-state index contributed by atoms with van der Waals surface area (Å²) in [6, 6.07) is 1.71. The Balaban J connectivity index is 1.46. The Labute approximate surface area is 155 Å². The van der Waals surface area contributed by atoms with Gasteiger partial charge >= 0.3 is 0 Å². The molecule has 3 saturated heterocycles. The molecule has 1 amide bonds. The molecule has 3 aliphatic rings. The van der Waals surface area contributed by atoms with E-state index in [2.05, 4.69) is 10.00 Å². The van der Waals surface area contributed by atoms with Crippen LogP contribution in [-0.4, -0.2) is 77.1 Å². The number of rotatable bonds is 4. The molecule has 7 nitrogen and oxygen atoms in total. The van der Waals surface area contributed by atoms with Crippen LogP contribution in [-0.2, 0) is 16.4 Å². The van der Waals surface area contributed by atoms with Gasteiger partial charge in [-0.05, 0) is 51.3 Å². The van der Waals surface area contributed by atoms with E-state index in [1.165, 1.54) is 19.3 Å². The van der Waals surface area contributed by atoms with Crippen molar-refractivity contribution in [2.45, 2.75) is 43.9 Å². The highest BCUT2D eigenvalue weighted by molar-refractivity contribution is 7.93. The van der Waals surface area contributed by atoms with Crippen LogP contribution in [0.25, 0.3) is 0 Å². The number of aromatic nitrogens is 2. The van der Waals surface area contributed by atoms with Gasteiger partial charge in [-0.25, -0.2) is 8.42 Å². The van der Waals surface area contributed by atoms with Crippen LogP contribution in [0.15, 0.2) is 12.3 Å². The van der Waals surface area contributed by atoms with Crippen molar-refractivity contribution in [2.75, 3.05) is 38.5 Å². The summed E-state index contributed by atoms with van der Waals surface area (Å²) in [6.45, 7) is 6.33. The minimum atomic E-state index is -3.14. The van der Waals surface area contributed by atoms with Crippen LogP contribution in [0.3, 0.4) is 0 Å². The van der Waals surface area contributed by atoms with Crippen LogP contribution in [0.5, 0.6) is 0 Å². The summed E-state index contributed by atoms with van der Waals surface area (Å²) in [5.74, 6) is 0.252. The van der Waals surface area contributed by atoms with Gasteiger partial charge in [-0.1, -0.05) is 6.42 Å². The molecule has 3 aliphatic heterocycles. The number of piperidine rings is 1. The molecule has 26 heavy (non-hydrogen) atoms. The van der Waals surface area contributed by atoms with Crippen LogP contribution >= 0.6 is 0 Å². The molecule has 1 unspecified atom stereocenters. The molecule has 0 aliphatic carbocycles. The summed E-state index contributed by atoms with van der Waals surface area (Å²) in [7, 11) is -3.14. The Hall–Kier alpha value is -1.41. The van der Waals surface area contributed by atoms with E-state index >= 15 is 0 Å². The van der Waals surface area contributed by atoms with E-state index < -0.39 is 14.6 Å². The quantitative estimate of drug-likeness (QED) is 0.780. The number of likely N-dealkylation sites (tertiary alicyclic amines) is 2. The Morgan fingerprint density at radius 2 is 2.00 bits per heavy atom. The van der Waals surface area contributed by atoms with Crippen molar-refractivity contribution in [1.82, 2.24) is 19.6 Å². The molecule has 1 aromatic heterocycles. The molecular formula is C18H28N4O3S. The summed E-state index contributed by atoms with van der Waals surface area (Å²) < 4.78 is 26.6. The smallest absolute Gasteiger partial charge is 0.274 e. The zero-order valence-electron chi connectivity index (χ0n) is 15.4. The van der Waals surface area contributed by atoms with Crippen molar-refractivity contribution >= 4 is 15.7 Å². The third-order valence-corrected chi connectivity index (χ3v) is 9.02. The van der Waals surface area contributed by atoms with Crippen molar-refractivity contribution in [1.29, 1.82) is 0 Å². The van der Waals surface area contributed by atoms with E-state index in [-0.39, 0.29) is 17.6 Å². The third-order valence-electron chi connectivity index (χ3n) is 6.41. The van der Waals surface area contributed by atoms with Crippen LogP contribution in [0.2, 0.25) is 0 Å². The first-order chi connectivity index (χ1) is 12.4. The molecule has 0 bridgehead atoms. The Morgan fingerprint density at radius 1 is 1.27 bits per heavy atom. The lowest BCUT2D eigenvalue weighted by molar-refractivity contribution is 0.0405. The number of carbonyl (C=O) groups is 1. The molecule has 0 aromatic carbocycles. The predicted molar refractivity (Wildman–Crippen MR) is 98.7 cm³/mol. The van der Waals surface area contributed by atoms with Crippen LogP contribution in [0.4, 0.5) is 0 Å². The standard InChI is InChI=1S/C18H28N4O3S/c1-2-22-10-6-16(19-22)17(23)21-13-18(14-21)15(7-11-26(18,24)25)12-20-8-4-3-5-9-20/h6,10,15H,2-5,7-9,11-14H2,1H3. The fourth-order valence-corrected chi connectivity index (χ4v) is 7.15. The van der Waals surface area contributed by atoms with Crippen molar-refractivity contribution in [2.24, 2.45) is 5.92 Å². The summed E-state index contributed by atoms with van der Waals surface area (Å²) in [4.78, 5) is 16.7. The van der Waals surface area contributed by atoms with Crippen molar-refractivity contribution in [3.8, 4) is 0 Å². The maximum atomic E-state index is 12.8.